The highest BCUT2D eigenvalue weighted by atomic mass is 35.5. The Hall–Kier alpha value is -3.60. The molecule has 0 amide bonds. The van der Waals surface area contributed by atoms with Gasteiger partial charge in [-0.1, -0.05) is 35.7 Å². The Morgan fingerprint density at radius 1 is 1.18 bits per heavy atom. The van der Waals surface area contributed by atoms with Crippen LogP contribution in [0.15, 0.2) is 48.7 Å². The number of nitrogens with zero attached hydrogens (tertiary/aromatic N) is 1. The van der Waals surface area contributed by atoms with E-state index in [1.807, 2.05) is 18.2 Å². The van der Waals surface area contributed by atoms with E-state index in [2.05, 4.69) is 16.8 Å². The Bertz CT molecular complexity index is 1410. The molecule has 0 bridgehead atoms. The normalized spacial score (nSPS) is 17.6. The molecule has 202 valence electrons. The Morgan fingerprint density at radius 3 is 2.64 bits per heavy atom. The lowest BCUT2D eigenvalue weighted by atomic mass is 9.96. The van der Waals surface area contributed by atoms with Gasteiger partial charge in [0.25, 0.3) is 0 Å². The quantitative estimate of drug-likeness (QED) is 0.313. The van der Waals surface area contributed by atoms with Crippen LogP contribution in [-0.2, 0) is 16.0 Å². The van der Waals surface area contributed by atoms with Gasteiger partial charge >= 0.3 is 5.97 Å². The molecule has 2 aliphatic rings. The maximum atomic E-state index is 15.1. The number of hydrogen-bond acceptors (Lipinski definition) is 5. The first-order valence-electron chi connectivity index (χ1n) is 13.0. The summed E-state index contributed by atoms with van der Waals surface area (Å²) in [5.41, 5.74) is 3.88. The lowest BCUT2D eigenvalue weighted by molar-refractivity contribution is -0.137. The largest absolute Gasteiger partial charge is 0.486 e. The van der Waals surface area contributed by atoms with Gasteiger partial charge in [0.1, 0.15) is 28.8 Å². The average molecular weight is 550 g/mol. The predicted molar refractivity (Wildman–Crippen MR) is 146 cm³/mol. The van der Waals surface area contributed by atoms with Crippen molar-refractivity contribution in [2.24, 2.45) is 0 Å². The zero-order chi connectivity index (χ0) is 27.4. The number of fused-ring (bicyclic) bond motifs is 1. The summed E-state index contributed by atoms with van der Waals surface area (Å²) < 4.78 is 32.7. The molecular weight excluding hydrogens is 521 g/mol. The van der Waals surface area contributed by atoms with Crippen LogP contribution in [-0.4, -0.2) is 35.4 Å². The smallest absolute Gasteiger partial charge is 0.304 e. The molecule has 1 aromatic heterocycles. The molecule has 0 saturated carbocycles. The second-order valence-electron chi connectivity index (χ2n) is 9.69. The molecular formula is C31H29ClFNO5. The third-order valence-corrected chi connectivity index (χ3v) is 7.38. The summed E-state index contributed by atoms with van der Waals surface area (Å²) in [7, 11) is 0. The highest BCUT2D eigenvalue weighted by Crippen LogP contribution is 2.42. The second-order valence-corrected chi connectivity index (χ2v) is 10.1. The SMILES string of the molecule is CC#CC(CC(=O)O)c1ccc(O[C@@H]2CCc3c(-c4cnc(OC5CCOCC5)c(Cl)c4)ccc(F)c32)cc1. The molecule has 0 spiro atoms. The van der Waals surface area contributed by atoms with Gasteiger partial charge in [-0.2, -0.15) is 0 Å². The minimum absolute atomic E-state index is 0.0271. The highest BCUT2D eigenvalue weighted by Gasteiger charge is 2.30. The third-order valence-electron chi connectivity index (χ3n) is 7.11. The summed E-state index contributed by atoms with van der Waals surface area (Å²) in [5.74, 6) is 5.10. The number of halogens is 2. The monoisotopic (exact) mass is 549 g/mol. The fourth-order valence-corrected chi connectivity index (χ4v) is 5.43. The van der Waals surface area contributed by atoms with Crippen molar-refractivity contribution in [1.29, 1.82) is 0 Å². The van der Waals surface area contributed by atoms with Crippen molar-refractivity contribution in [2.75, 3.05) is 13.2 Å². The lowest BCUT2D eigenvalue weighted by Crippen LogP contribution is -2.26. The van der Waals surface area contributed by atoms with Gasteiger partial charge in [-0.3, -0.25) is 4.79 Å². The Labute approximate surface area is 232 Å². The third kappa shape index (κ3) is 6.19. The van der Waals surface area contributed by atoms with Crippen LogP contribution in [0.3, 0.4) is 0 Å². The number of carbonyl (C=O) groups is 1. The van der Waals surface area contributed by atoms with E-state index in [0.29, 0.717) is 48.3 Å². The van der Waals surface area contributed by atoms with Gasteiger partial charge in [0, 0.05) is 30.2 Å². The maximum absolute atomic E-state index is 15.1. The molecule has 5 rings (SSSR count). The molecule has 1 aliphatic heterocycles. The molecule has 1 saturated heterocycles. The van der Waals surface area contributed by atoms with Crippen molar-refractivity contribution in [3.8, 4) is 34.6 Å². The van der Waals surface area contributed by atoms with Crippen LogP contribution in [0.25, 0.3) is 11.1 Å². The first-order valence-corrected chi connectivity index (χ1v) is 13.4. The molecule has 2 atom stereocenters. The lowest BCUT2D eigenvalue weighted by Gasteiger charge is -2.23. The Morgan fingerprint density at radius 2 is 1.95 bits per heavy atom. The molecule has 2 heterocycles. The van der Waals surface area contributed by atoms with Gasteiger partial charge in [-0.15, -0.1) is 5.92 Å². The molecule has 3 aromatic rings. The van der Waals surface area contributed by atoms with E-state index < -0.39 is 18.0 Å². The zero-order valence-electron chi connectivity index (χ0n) is 21.6. The number of ether oxygens (including phenoxy) is 3. The number of pyridine rings is 1. The van der Waals surface area contributed by atoms with Crippen molar-refractivity contribution in [3.05, 3.63) is 76.2 Å². The van der Waals surface area contributed by atoms with E-state index >= 15 is 4.39 Å². The van der Waals surface area contributed by atoms with E-state index in [9.17, 15) is 9.90 Å². The van der Waals surface area contributed by atoms with Gasteiger partial charge in [0.05, 0.1) is 25.6 Å². The minimum Gasteiger partial charge on any atom is -0.486 e. The summed E-state index contributed by atoms with van der Waals surface area (Å²) in [6.45, 7) is 3.01. The van der Waals surface area contributed by atoms with Crippen LogP contribution < -0.4 is 9.47 Å². The second kappa shape index (κ2) is 12.1. The fraction of sp³-hybridized carbons (Fsp3) is 0.355. The van der Waals surface area contributed by atoms with Gasteiger partial charge in [0.2, 0.25) is 5.88 Å². The summed E-state index contributed by atoms with van der Waals surface area (Å²) in [6.07, 6.45) is 4.08. The first-order chi connectivity index (χ1) is 18.9. The van der Waals surface area contributed by atoms with Crippen LogP contribution in [0, 0.1) is 17.7 Å². The molecule has 1 N–H and O–H groups in total. The molecule has 1 fully saturated rings. The fourth-order valence-electron chi connectivity index (χ4n) is 5.22. The molecule has 39 heavy (non-hydrogen) atoms. The van der Waals surface area contributed by atoms with E-state index in [1.54, 1.807) is 31.3 Å². The number of rotatable bonds is 8. The van der Waals surface area contributed by atoms with Crippen LogP contribution in [0.5, 0.6) is 11.6 Å². The standard InChI is InChI=1S/C31H29ClFNO5/c1-2-3-20(17-29(35)36)19-4-6-22(7-5-19)38-28-11-9-25-24(8-10-27(33)30(25)28)21-16-26(32)31(34-18-21)39-23-12-14-37-15-13-23/h4-8,10,16,18,20,23,28H,9,11-15,17H2,1H3,(H,35,36)/t20?,28-/m1/s1. The van der Waals surface area contributed by atoms with Gasteiger partial charge in [-0.25, -0.2) is 9.37 Å². The number of aromatic nitrogens is 1. The van der Waals surface area contributed by atoms with Crippen molar-refractivity contribution >= 4 is 17.6 Å². The van der Waals surface area contributed by atoms with Gasteiger partial charge < -0.3 is 19.3 Å². The van der Waals surface area contributed by atoms with Gasteiger partial charge in [-0.05, 0) is 60.7 Å². The van der Waals surface area contributed by atoms with Crippen LogP contribution in [0.4, 0.5) is 4.39 Å². The van der Waals surface area contributed by atoms with Crippen LogP contribution in [0.1, 0.15) is 61.3 Å². The van der Waals surface area contributed by atoms with E-state index in [1.165, 1.54) is 6.07 Å². The molecule has 2 aromatic carbocycles. The zero-order valence-corrected chi connectivity index (χ0v) is 22.3. The highest BCUT2D eigenvalue weighted by molar-refractivity contribution is 6.32. The number of benzene rings is 2. The van der Waals surface area contributed by atoms with Crippen LogP contribution in [0.2, 0.25) is 5.02 Å². The molecule has 1 aliphatic carbocycles. The van der Waals surface area contributed by atoms with Crippen molar-refractivity contribution < 1.29 is 28.5 Å². The molecule has 8 heteroatoms. The van der Waals surface area contributed by atoms with Crippen molar-refractivity contribution in [2.45, 2.75) is 57.2 Å². The van der Waals surface area contributed by atoms with E-state index in [4.69, 9.17) is 25.8 Å². The predicted octanol–water partition coefficient (Wildman–Crippen LogP) is 6.75. The van der Waals surface area contributed by atoms with Crippen molar-refractivity contribution in [1.82, 2.24) is 4.98 Å². The number of carboxylic acid groups (broad SMARTS) is 1. The summed E-state index contributed by atoms with van der Waals surface area (Å²) in [6, 6.07) is 12.2. The number of hydrogen-bond donors (Lipinski definition) is 1. The molecule has 6 nitrogen and oxygen atoms in total. The Balaban J connectivity index is 1.34. The van der Waals surface area contributed by atoms with Crippen molar-refractivity contribution in [3.63, 3.8) is 0 Å². The first kappa shape index (κ1) is 27.0. The topological polar surface area (TPSA) is 77.9 Å². The Kier molecular flexibility index (Phi) is 8.35. The average Bonchev–Trinajstić information content (AvgIpc) is 3.35. The van der Waals surface area contributed by atoms with Crippen LogP contribution >= 0.6 is 11.6 Å². The number of aliphatic carboxylic acids is 1. The van der Waals surface area contributed by atoms with Gasteiger partial charge in [0.15, 0.2) is 0 Å². The summed E-state index contributed by atoms with van der Waals surface area (Å²) >= 11 is 6.54. The summed E-state index contributed by atoms with van der Waals surface area (Å²) in [4.78, 5) is 15.7. The maximum Gasteiger partial charge on any atom is 0.304 e. The van der Waals surface area contributed by atoms with E-state index in [0.717, 1.165) is 35.1 Å². The molecule has 0 radical (unpaired) electrons. The molecule has 1 unspecified atom stereocenters. The minimum atomic E-state index is -0.908. The summed E-state index contributed by atoms with van der Waals surface area (Å²) in [5, 5.41) is 9.60. The number of carboxylic acids is 1. The van der Waals surface area contributed by atoms with E-state index in [-0.39, 0.29) is 18.3 Å².